The summed E-state index contributed by atoms with van der Waals surface area (Å²) < 4.78 is 6.39. The van der Waals surface area contributed by atoms with Gasteiger partial charge in [-0.1, -0.05) is 12.1 Å². The van der Waals surface area contributed by atoms with Gasteiger partial charge in [-0.2, -0.15) is 0 Å². The lowest BCUT2D eigenvalue weighted by molar-refractivity contribution is -0.385. The van der Waals surface area contributed by atoms with Gasteiger partial charge in [-0.3, -0.25) is 14.9 Å². The molecule has 2 rings (SSSR count). The standard InChI is InChI=1S/C19H25N5O5/c1-12-7-5-9-14(24(27)28)15(12)16(25)21-10-6-8-13-11-23(17(20)22-13)18(26)29-19(2,3)4/h5,7,9,11H,6,8,10H2,1-4H3,(H2,20,22)(H,21,25). The van der Waals surface area contributed by atoms with E-state index in [-0.39, 0.29) is 23.7 Å². The first-order chi connectivity index (χ1) is 13.5. The highest BCUT2D eigenvalue weighted by Gasteiger charge is 2.22. The first kappa shape index (κ1) is 21.9. The zero-order chi connectivity index (χ0) is 21.8. The average molecular weight is 403 g/mol. The Hall–Kier alpha value is -3.43. The number of ether oxygens (including phenoxy) is 1. The minimum Gasteiger partial charge on any atom is -0.443 e. The summed E-state index contributed by atoms with van der Waals surface area (Å²) in [7, 11) is 0. The number of carbonyl (C=O) groups excluding carboxylic acids is 2. The van der Waals surface area contributed by atoms with Crippen LogP contribution in [0.25, 0.3) is 0 Å². The van der Waals surface area contributed by atoms with Crippen molar-refractivity contribution in [2.75, 3.05) is 12.3 Å². The van der Waals surface area contributed by atoms with E-state index in [1.807, 2.05) is 0 Å². The Kier molecular flexibility index (Phi) is 6.57. The lowest BCUT2D eigenvalue weighted by atomic mass is 10.1. The maximum Gasteiger partial charge on any atom is 0.421 e. The number of carbonyl (C=O) groups is 2. The quantitative estimate of drug-likeness (QED) is 0.429. The van der Waals surface area contributed by atoms with E-state index < -0.39 is 22.5 Å². The van der Waals surface area contributed by atoms with Crippen molar-refractivity contribution >= 4 is 23.6 Å². The number of nitro benzene ring substituents is 1. The summed E-state index contributed by atoms with van der Waals surface area (Å²) in [6.07, 6.45) is 1.85. The minimum absolute atomic E-state index is 0.0221. The number of benzene rings is 1. The predicted octanol–water partition coefficient (Wildman–Crippen LogP) is 2.83. The fraction of sp³-hybridized carbons (Fsp3) is 0.421. The van der Waals surface area contributed by atoms with Crippen LogP contribution in [0.1, 0.15) is 48.8 Å². The van der Waals surface area contributed by atoms with Crippen molar-refractivity contribution in [2.24, 2.45) is 0 Å². The molecule has 2 aromatic rings. The summed E-state index contributed by atoms with van der Waals surface area (Å²) in [4.78, 5) is 39.1. The summed E-state index contributed by atoms with van der Waals surface area (Å²) >= 11 is 0. The largest absolute Gasteiger partial charge is 0.443 e. The van der Waals surface area contributed by atoms with Gasteiger partial charge in [0.1, 0.15) is 11.2 Å². The molecule has 0 saturated carbocycles. The molecule has 0 unspecified atom stereocenters. The predicted molar refractivity (Wildman–Crippen MR) is 107 cm³/mol. The van der Waals surface area contributed by atoms with Crippen LogP contribution in [0.2, 0.25) is 0 Å². The van der Waals surface area contributed by atoms with Gasteiger partial charge < -0.3 is 15.8 Å². The van der Waals surface area contributed by atoms with Crippen LogP contribution in [0, 0.1) is 17.0 Å². The van der Waals surface area contributed by atoms with Crippen molar-refractivity contribution in [2.45, 2.75) is 46.1 Å². The van der Waals surface area contributed by atoms with Crippen molar-refractivity contribution in [1.82, 2.24) is 14.9 Å². The molecule has 10 heteroatoms. The van der Waals surface area contributed by atoms with Gasteiger partial charge in [0.2, 0.25) is 5.95 Å². The summed E-state index contributed by atoms with van der Waals surface area (Å²) in [6, 6.07) is 4.48. The van der Waals surface area contributed by atoms with Crippen LogP contribution in [-0.4, -0.2) is 38.6 Å². The number of nitrogens with one attached hydrogen (secondary N) is 1. The lowest BCUT2D eigenvalue weighted by Gasteiger charge is -2.19. The van der Waals surface area contributed by atoms with E-state index >= 15 is 0 Å². The highest BCUT2D eigenvalue weighted by atomic mass is 16.6. The number of rotatable bonds is 6. The molecule has 0 bridgehead atoms. The molecule has 0 saturated heterocycles. The number of aromatic nitrogens is 2. The molecule has 1 aromatic heterocycles. The van der Waals surface area contributed by atoms with Gasteiger partial charge >= 0.3 is 6.09 Å². The molecule has 1 aromatic carbocycles. The number of nitrogens with zero attached hydrogens (tertiary/aromatic N) is 3. The van der Waals surface area contributed by atoms with E-state index in [0.29, 0.717) is 24.1 Å². The fourth-order valence-electron chi connectivity index (χ4n) is 2.68. The Balaban J connectivity index is 1.94. The van der Waals surface area contributed by atoms with Crippen molar-refractivity contribution in [3.8, 4) is 0 Å². The topological polar surface area (TPSA) is 142 Å². The average Bonchev–Trinajstić information content (AvgIpc) is 2.97. The second-order valence-electron chi connectivity index (χ2n) is 7.53. The van der Waals surface area contributed by atoms with E-state index in [0.717, 1.165) is 4.57 Å². The summed E-state index contributed by atoms with van der Waals surface area (Å²) in [5.41, 5.74) is 6.04. The molecule has 0 aliphatic heterocycles. The van der Waals surface area contributed by atoms with E-state index in [1.165, 1.54) is 18.3 Å². The Bertz CT molecular complexity index is 930. The summed E-state index contributed by atoms with van der Waals surface area (Å²) in [6.45, 7) is 7.18. The maximum absolute atomic E-state index is 12.4. The normalized spacial score (nSPS) is 11.2. The summed E-state index contributed by atoms with van der Waals surface area (Å²) in [5.74, 6) is -0.484. The number of hydrogen-bond donors (Lipinski definition) is 2. The minimum atomic E-state index is -0.656. The lowest BCUT2D eigenvalue weighted by Crippen LogP contribution is -2.27. The van der Waals surface area contributed by atoms with E-state index in [9.17, 15) is 19.7 Å². The molecule has 0 aliphatic carbocycles. The number of amides is 1. The van der Waals surface area contributed by atoms with Gasteiger partial charge in [-0.05, 0) is 46.1 Å². The van der Waals surface area contributed by atoms with Gasteiger partial charge in [0.25, 0.3) is 11.6 Å². The Morgan fingerprint density at radius 3 is 2.66 bits per heavy atom. The molecule has 0 fully saturated rings. The number of nitrogens with two attached hydrogens (primary N) is 1. The number of nitro groups is 1. The molecule has 1 amide bonds. The summed E-state index contributed by atoms with van der Waals surface area (Å²) in [5, 5.41) is 13.8. The van der Waals surface area contributed by atoms with Crippen LogP contribution in [-0.2, 0) is 11.2 Å². The Morgan fingerprint density at radius 1 is 1.34 bits per heavy atom. The third-order valence-electron chi connectivity index (χ3n) is 3.94. The van der Waals surface area contributed by atoms with Crippen LogP contribution >= 0.6 is 0 Å². The molecule has 0 radical (unpaired) electrons. The first-order valence-corrected chi connectivity index (χ1v) is 9.09. The van der Waals surface area contributed by atoms with Crippen molar-refractivity contribution in [3.05, 3.63) is 51.3 Å². The van der Waals surface area contributed by atoms with Crippen molar-refractivity contribution in [3.63, 3.8) is 0 Å². The Morgan fingerprint density at radius 2 is 2.03 bits per heavy atom. The number of aryl methyl sites for hydroxylation is 2. The zero-order valence-corrected chi connectivity index (χ0v) is 16.9. The van der Waals surface area contributed by atoms with E-state index in [1.54, 1.807) is 33.8 Å². The molecule has 1 heterocycles. The highest BCUT2D eigenvalue weighted by Crippen LogP contribution is 2.21. The van der Waals surface area contributed by atoms with Gasteiger partial charge in [0, 0.05) is 18.8 Å². The molecule has 3 N–H and O–H groups in total. The van der Waals surface area contributed by atoms with Crippen LogP contribution in [0.4, 0.5) is 16.4 Å². The van der Waals surface area contributed by atoms with Crippen LogP contribution in [0.3, 0.4) is 0 Å². The number of nitrogen functional groups attached to an aromatic ring is 1. The second kappa shape index (κ2) is 8.72. The highest BCUT2D eigenvalue weighted by molar-refractivity contribution is 5.99. The smallest absolute Gasteiger partial charge is 0.421 e. The molecule has 10 nitrogen and oxygen atoms in total. The Labute approximate surface area is 168 Å². The molecule has 29 heavy (non-hydrogen) atoms. The monoisotopic (exact) mass is 403 g/mol. The third-order valence-corrected chi connectivity index (χ3v) is 3.94. The zero-order valence-electron chi connectivity index (χ0n) is 16.9. The molecular formula is C19H25N5O5. The third kappa shape index (κ3) is 5.77. The van der Waals surface area contributed by atoms with Crippen LogP contribution < -0.4 is 11.1 Å². The van der Waals surface area contributed by atoms with Gasteiger partial charge in [0.15, 0.2) is 0 Å². The SMILES string of the molecule is Cc1cccc([N+](=O)[O-])c1C(=O)NCCCc1cn(C(=O)OC(C)(C)C)c(N)n1. The number of anilines is 1. The van der Waals surface area contributed by atoms with Gasteiger partial charge in [-0.15, -0.1) is 0 Å². The number of hydrogen-bond acceptors (Lipinski definition) is 7. The second-order valence-corrected chi connectivity index (χ2v) is 7.53. The van der Waals surface area contributed by atoms with E-state index in [2.05, 4.69) is 10.3 Å². The van der Waals surface area contributed by atoms with Gasteiger partial charge in [-0.25, -0.2) is 14.3 Å². The molecule has 0 spiro atoms. The first-order valence-electron chi connectivity index (χ1n) is 9.09. The molecule has 0 aliphatic rings. The number of imidazole rings is 1. The van der Waals surface area contributed by atoms with Gasteiger partial charge in [0.05, 0.1) is 10.6 Å². The van der Waals surface area contributed by atoms with Crippen LogP contribution in [0.5, 0.6) is 0 Å². The molecular weight excluding hydrogens is 378 g/mol. The molecule has 0 atom stereocenters. The van der Waals surface area contributed by atoms with Crippen molar-refractivity contribution < 1.29 is 19.2 Å². The van der Waals surface area contributed by atoms with Crippen LogP contribution in [0.15, 0.2) is 24.4 Å². The fourth-order valence-corrected chi connectivity index (χ4v) is 2.68. The van der Waals surface area contributed by atoms with Crippen molar-refractivity contribution in [1.29, 1.82) is 0 Å². The maximum atomic E-state index is 12.4. The molecule has 156 valence electrons. The van der Waals surface area contributed by atoms with E-state index in [4.69, 9.17) is 10.5 Å².